The van der Waals surface area contributed by atoms with Gasteiger partial charge in [-0.2, -0.15) is 0 Å². The summed E-state index contributed by atoms with van der Waals surface area (Å²) in [6, 6.07) is 0.839. The summed E-state index contributed by atoms with van der Waals surface area (Å²) in [6.45, 7) is 11.3. The topological polar surface area (TPSA) is 59.0 Å². The molecular formula is C14H27NO4. The molecule has 112 valence electrons. The van der Waals surface area contributed by atoms with Crippen LogP contribution in [0.5, 0.6) is 0 Å². The zero-order valence-electron chi connectivity index (χ0n) is 12.7. The van der Waals surface area contributed by atoms with E-state index in [-0.39, 0.29) is 19.2 Å². The predicted molar refractivity (Wildman–Crippen MR) is 74.7 cm³/mol. The first-order chi connectivity index (χ1) is 8.90. The van der Waals surface area contributed by atoms with Crippen molar-refractivity contribution in [3.63, 3.8) is 0 Å². The molecule has 0 rings (SSSR count). The molecule has 0 unspecified atom stereocenters. The maximum atomic E-state index is 11.6. The maximum Gasteiger partial charge on any atom is 0.336 e. The van der Waals surface area contributed by atoms with Gasteiger partial charge in [-0.25, -0.2) is 4.79 Å². The van der Waals surface area contributed by atoms with Crippen LogP contribution in [0.15, 0.2) is 11.8 Å². The van der Waals surface area contributed by atoms with Crippen molar-refractivity contribution in [1.82, 2.24) is 4.90 Å². The van der Waals surface area contributed by atoms with Gasteiger partial charge in [0.2, 0.25) is 0 Å². The molecule has 0 aliphatic carbocycles. The van der Waals surface area contributed by atoms with Crippen LogP contribution in [-0.4, -0.2) is 54.4 Å². The van der Waals surface area contributed by atoms with Crippen LogP contribution in [0.1, 0.15) is 34.6 Å². The minimum atomic E-state index is -0.384. The third-order valence-corrected chi connectivity index (χ3v) is 2.70. The summed E-state index contributed by atoms with van der Waals surface area (Å²) in [5.41, 5.74) is 0.397. The van der Waals surface area contributed by atoms with E-state index >= 15 is 0 Å². The Labute approximate surface area is 116 Å². The van der Waals surface area contributed by atoms with Gasteiger partial charge in [-0.3, -0.25) is 4.90 Å². The van der Waals surface area contributed by atoms with Gasteiger partial charge >= 0.3 is 5.97 Å². The fourth-order valence-corrected chi connectivity index (χ4v) is 1.76. The second-order valence-electron chi connectivity index (χ2n) is 4.96. The summed E-state index contributed by atoms with van der Waals surface area (Å²) >= 11 is 0. The molecule has 0 heterocycles. The Kier molecular flexibility index (Phi) is 9.26. The van der Waals surface area contributed by atoms with Crippen molar-refractivity contribution in [3.05, 3.63) is 11.8 Å². The molecule has 0 radical (unpaired) electrons. The number of carbonyl (C=O) groups is 1. The zero-order chi connectivity index (χ0) is 14.8. The first-order valence-electron chi connectivity index (χ1n) is 6.72. The Hall–Kier alpha value is -1.07. The molecule has 0 aromatic carbocycles. The van der Waals surface area contributed by atoms with Crippen LogP contribution in [0.3, 0.4) is 0 Å². The molecule has 0 spiro atoms. The first-order valence-corrected chi connectivity index (χ1v) is 6.72. The SMILES string of the molecule is CC(=COCCO)C(=O)OCCN(C(C)C)C(C)C. The van der Waals surface area contributed by atoms with Crippen LogP contribution in [-0.2, 0) is 14.3 Å². The summed E-state index contributed by atoms with van der Waals surface area (Å²) in [4.78, 5) is 13.9. The Morgan fingerprint density at radius 2 is 1.79 bits per heavy atom. The van der Waals surface area contributed by atoms with Gasteiger partial charge in [0.1, 0.15) is 13.2 Å². The van der Waals surface area contributed by atoms with E-state index in [0.29, 0.717) is 30.8 Å². The average molecular weight is 273 g/mol. The molecule has 5 heteroatoms. The van der Waals surface area contributed by atoms with Crippen LogP contribution in [0.4, 0.5) is 0 Å². The van der Waals surface area contributed by atoms with Gasteiger partial charge in [0.05, 0.1) is 18.4 Å². The van der Waals surface area contributed by atoms with Crippen molar-refractivity contribution in [3.8, 4) is 0 Å². The number of carbonyl (C=O) groups excluding carboxylic acids is 1. The quantitative estimate of drug-likeness (QED) is 0.299. The first kappa shape index (κ1) is 17.9. The van der Waals surface area contributed by atoms with E-state index in [1.165, 1.54) is 6.26 Å². The van der Waals surface area contributed by atoms with Gasteiger partial charge in [-0.15, -0.1) is 0 Å². The van der Waals surface area contributed by atoms with Crippen molar-refractivity contribution in [2.75, 3.05) is 26.4 Å². The Morgan fingerprint density at radius 3 is 2.26 bits per heavy atom. The maximum absolute atomic E-state index is 11.6. The highest BCUT2D eigenvalue weighted by Gasteiger charge is 2.14. The van der Waals surface area contributed by atoms with Crippen molar-refractivity contribution in [1.29, 1.82) is 0 Å². The molecule has 0 saturated carbocycles. The lowest BCUT2D eigenvalue weighted by atomic mass is 10.2. The predicted octanol–water partition coefficient (Wildman–Crippen LogP) is 1.56. The lowest BCUT2D eigenvalue weighted by Gasteiger charge is -2.30. The van der Waals surface area contributed by atoms with Crippen LogP contribution in [0, 0.1) is 0 Å². The number of rotatable bonds is 9. The van der Waals surface area contributed by atoms with E-state index in [2.05, 4.69) is 32.6 Å². The van der Waals surface area contributed by atoms with Crippen molar-refractivity contribution in [2.45, 2.75) is 46.7 Å². The molecule has 0 saturated heterocycles. The van der Waals surface area contributed by atoms with E-state index < -0.39 is 0 Å². The number of hydrogen-bond donors (Lipinski definition) is 1. The third-order valence-electron chi connectivity index (χ3n) is 2.70. The monoisotopic (exact) mass is 273 g/mol. The summed E-state index contributed by atoms with van der Waals surface area (Å²) in [5, 5.41) is 8.55. The van der Waals surface area contributed by atoms with E-state index in [4.69, 9.17) is 14.6 Å². The van der Waals surface area contributed by atoms with E-state index in [1.54, 1.807) is 6.92 Å². The fraction of sp³-hybridized carbons (Fsp3) is 0.786. The van der Waals surface area contributed by atoms with Gasteiger partial charge in [0.15, 0.2) is 0 Å². The molecule has 19 heavy (non-hydrogen) atoms. The smallest absolute Gasteiger partial charge is 0.336 e. The summed E-state index contributed by atoms with van der Waals surface area (Å²) in [7, 11) is 0. The van der Waals surface area contributed by atoms with Gasteiger partial charge in [0, 0.05) is 18.6 Å². The number of ether oxygens (including phenoxy) is 2. The van der Waals surface area contributed by atoms with Crippen LogP contribution in [0.2, 0.25) is 0 Å². The van der Waals surface area contributed by atoms with Gasteiger partial charge in [0.25, 0.3) is 0 Å². The lowest BCUT2D eigenvalue weighted by molar-refractivity contribution is -0.139. The van der Waals surface area contributed by atoms with Crippen molar-refractivity contribution < 1.29 is 19.4 Å². The minimum absolute atomic E-state index is 0.0729. The molecule has 0 amide bonds. The molecule has 0 aromatic heterocycles. The van der Waals surface area contributed by atoms with Crippen LogP contribution < -0.4 is 0 Å². The van der Waals surface area contributed by atoms with Crippen LogP contribution in [0.25, 0.3) is 0 Å². The Balaban J connectivity index is 4.05. The number of hydrogen-bond acceptors (Lipinski definition) is 5. The third kappa shape index (κ3) is 7.85. The second kappa shape index (κ2) is 9.81. The minimum Gasteiger partial charge on any atom is -0.498 e. The average Bonchev–Trinajstić information content (AvgIpc) is 2.33. The number of esters is 1. The van der Waals surface area contributed by atoms with E-state index in [0.717, 1.165) is 0 Å². The van der Waals surface area contributed by atoms with E-state index in [1.807, 2.05) is 0 Å². The highest BCUT2D eigenvalue weighted by atomic mass is 16.5. The molecular weight excluding hydrogens is 246 g/mol. The molecule has 0 aliphatic heterocycles. The van der Waals surface area contributed by atoms with Crippen molar-refractivity contribution in [2.24, 2.45) is 0 Å². The summed E-state index contributed by atoms with van der Waals surface area (Å²) in [5.74, 6) is -0.384. The van der Waals surface area contributed by atoms with Crippen molar-refractivity contribution >= 4 is 5.97 Å². The molecule has 0 bridgehead atoms. The molecule has 0 atom stereocenters. The van der Waals surface area contributed by atoms with E-state index in [9.17, 15) is 4.79 Å². The molecule has 0 aliphatic rings. The zero-order valence-corrected chi connectivity index (χ0v) is 12.7. The summed E-state index contributed by atoms with van der Waals surface area (Å²) in [6.07, 6.45) is 1.32. The van der Waals surface area contributed by atoms with Gasteiger partial charge in [-0.1, -0.05) is 0 Å². The summed E-state index contributed by atoms with van der Waals surface area (Å²) < 4.78 is 10.1. The number of aliphatic hydroxyl groups is 1. The van der Waals surface area contributed by atoms with Gasteiger partial charge in [-0.05, 0) is 34.6 Å². The lowest BCUT2D eigenvalue weighted by Crippen LogP contribution is -2.39. The molecule has 1 N–H and O–H groups in total. The highest BCUT2D eigenvalue weighted by molar-refractivity contribution is 5.87. The molecule has 0 fully saturated rings. The Morgan fingerprint density at radius 1 is 1.21 bits per heavy atom. The molecule has 0 aromatic rings. The second-order valence-corrected chi connectivity index (χ2v) is 4.96. The van der Waals surface area contributed by atoms with Gasteiger partial charge < -0.3 is 14.6 Å². The number of aliphatic hydroxyl groups excluding tert-OH is 1. The number of nitrogens with zero attached hydrogens (tertiary/aromatic N) is 1. The van der Waals surface area contributed by atoms with Crippen LogP contribution >= 0.6 is 0 Å². The normalized spacial score (nSPS) is 12.4. The highest BCUT2D eigenvalue weighted by Crippen LogP contribution is 2.05. The standard InChI is InChI=1S/C14H27NO4/c1-11(2)15(12(3)4)6-8-19-14(17)13(5)10-18-9-7-16/h10-12,16H,6-9H2,1-5H3. The Bertz CT molecular complexity index is 279. The largest absolute Gasteiger partial charge is 0.498 e. The fourth-order valence-electron chi connectivity index (χ4n) is 1.76. The molecule has 5 nitrogen and oxygen atoms in total.